The van der Waals surface area contributed by atoms with Crippen LogP contribution in [-0.2, 0) is 6.54 Å². The van der Waals surface area contributed by atoms with Gasteiger partial charge in [-0.05, 0) is 51.1 Å². The van der Waals surface area contributed by atoms with Crippen molar-refractivity contribution in [2.24, 2.45) is 5.73 Å². The minimum Gasteiger partial charge on any atom is -0.364 e. The maximum atomic E-state index is 12.4. The second kappa shape index (κ2) is 8.02. The van der Waals surface area contributed by atoms with E-state index in [0.29, 0.717) is 6.04 Å². The molecule has 0 saturated heterocycles. The van der Waals surface area contributed by atoms with E-state index in [9.17, 15) is 9.59 Å². The normalized spacial score (nSPS) is 11.2. The minimum atomic E-state index is -0.679. The van der Waals surface area contributed by atoms with E-state index in [2.05, 4.69) is 44.9 Å². The van der Waals surface area contributed by atoms with Gasteiger partial charge in [-0.3, -0.25) is 9.59 Å². The van der Waals surface area contributed by atoms with E-state index >= 15 is 0 Å². The van der Waals surface area contributed by atoms with Crippen LogP contribution in [0.1, 0.15) is 52.3 Å². The van der Waals surface area contributed by atoms with Crippen LogP contribution in [0.2, 0.25) is 0 Å². The molecule has 0 radical (unpaired) electrons. The second-order valence-electron chi connectivity index (χ2n) is 7.54. The maximum absolute atomic E-state index is 12.4. The Bertz CT molecular complexity index is 1290. The highest BCUT2D eigenvalue weighted by atomic mass is 16.2. The fraction of sp³-hybridized carbons (Fsp3) is 0.227. The summed E-state index contributed by atoms with van der Waals surface area (Å²) in [6.07, 6.45) is 3.56. The van der Waals surface area contributed by atoms with Gasteiger partial charge in [-0.1, -0.05) is 6.07 Å². The Labute approximate surface area is 178 Å². The maximum Gasteiger partial charge on any atom is 0.270 e. The molecule has 3 aromatic heterocycles. The number of aromatic nitrogens is 5. The van der Waals surface area contributed by atoms with Gasteiger partial charge in [0.15, 0.2) is 0 Å². The van der Waals surface area contributed by atoms with Gasteiger partial charge in [-0.15, -0.1) is 0 Å². The molecule has 0 aliphatic carbocycles. The summed E-state index contributed by atoms with van der Waals surface area (Å²) in [4.78, 5) is 32.2. The molecule has 2 amide bonds. The van der Waals surface area contributed by atoms with Gasteiger partial charge in [0.05, 0.1) is 22.9 Å². The molecule has 0 saturated carbocycles. The molecular weight excluding hydrogens is 394 g/mol. The van der Waals surface area contributed by atoms with E-state index in [-0.39, 0.29) is 17.9 Å². The van der Waals surface area contributed by atoms with E-state index in [1.165, 1.54) is 12.1 Å². The van der Waals surface area contributed by atoms with Gasteiger partial charge >= 0.3 is 0 Å². The smallest absolute Gasteiger partial charge is 0.270 e. The molecule has 0 bridgehead atoms. The summed E-state index contributed by atoms with van der Waals surface area (Å²) in [6, 6.07) is 10.9. The van der Waals surface area contributed by atoms with E-state index in [4.69, 9.17) is 5.73 Å². The highest BCUT2D eigenvalue weighted by Gasteiger charge is 2.13. The average molecular weight is 417 g/mol. The number of fused-ring (bicyclic) bond motifs is 1. The van der Waals surface area contributed by atoms with Crippen molar-refractivity contribution >= 4 is 22.8 Å². The van der Waals surface area contributed by atoms with Crippen LogP contribution in [0.4, 0.5) is 0 Å². The van der Waals surface area contributed by atoms with Crippen LogP contribution in [0.25, 0.3) is 16.7 Å². The molecule has 1 aromatic carbocycles. The molecule has 4 aromatic rings. The summed E-state index contributed by atoms with van der Waals surface area (Å²) in [7, 11) is 0. The lowest BCUT2D eigenvalue weighted by Crippen LogP contribution is -2.25. The molecule has 0 unspecified atom stereocenters. The minimum absolute atomic E-state index is 0.0479. The van der Waals surface area contributed by atoms with E-state index < -0.39 is 11.8 Å². The van der Waals surface area contributed by atoms with Crippen LogP contribution < -0.4 is 11.1 Å². The van der Waals surface area contributed by atoms with Crippen molar-refractivity contribution in [3.05, 3.63) is 71.6 Å². The Morgan fingerprint density at radius 3 is 2.65 bits per heavy atom. The van der Waals surface area contributed by atoms with Gasteiger partial charge in [0.2, 0.25) is 0 Å². The zero-order valence-corrected chi connectivity index (χ0v) is 17.5. The van der Waals surface area contributed by atoms with Gasteiger partial charge in [-0.25, -0.2) is 14.6 Å². The molecular formula is C22H23N7O2. The summed E-state index contributed by atoms with van der Waals surface area (Å²) in [5.41, 5.74) is 9.13. The highest BCUT2D eigenvalue weighted by molar-refractivity contribution is 5.95. The van der Waals surface area contributed by atoms with Crippen LogP contribution >= 0.6 is 0 Å². The topological polar surface area (TPSA) is 121 Å². The highest BCUT2D eigenvalue weighted by Crippen LogP contribution is 2.23. The van der Waals surface area contributed by atoms with Crippen molar-refractivity contribution in [2.45, 2.75) is 33.4 Å². The fourth-order valence-electron chi connectivity index (χ4n) is 3.56. The van der Waals surface area contributed by atoms with Crippen molar-refractivity contribution in [3.63, 3.8) is 0 Å². The SMILES string of the molecule is Cc1nc2ccc(-n3cc(CNC(=O)c4cccc(C(N)=O)n4)cn3)cc2n1C(C)C. The summed E-state index contributed by atoms with van der Waals surface area (Å²) < 4.78 is 3.95. The van der Waals surface area contributed by atoms with Crippen LogP contribution in [-0.4, -0.2) is 36.1 Å². The Hall–Kier alpha value is -4.01. The molecule has 0 aliphatic heterocycles. The van der Waals surface area contributed by atoms with Crippen molar-refractivity contribution in [3.8, 4) is 5.69 Å². The number of primary amides is 1. The first kappa shape index (κ1) is 20.3. The Morgan fingerprint density at radius 2 is 1.90 bits per heavy atom. The third kappa shape index (κ3) is 4.02. The summed E-state index contributed by atoms with van der Waals surface area (Å²) in [5.74, 6) is -0.101. The van der Waals surface area contributed by atoms with Gasteiger partial charge in [0.25, 0.3) is 11.8 Å². The molecule has 0 aliphatic rings. The largest absolute Gasteiger partial charge is 0.364 e. The number of amides is 2. The van der Waals surface area contributed by atoms with Gasteiger partial charge in [0, 0.05) is 24.3 Å². The van der Waals surface area contributed by atoms with Crippen molar-refractivity contribution < 1.29 is 9.59 Å². The standard InChI is InChI=1S/C22H23N7O2/c1-13(2)29-14(3)26-17-8-7-16(9-20(17)29)28-12-15(11-25-28)10-24-22(31)19-6-4-5-18(27-19)21(23)30/h4-9,11-13H,10H2,1-3H3,(H2,23,30)(H,24,31). The van der Waals surface area contributed by atoms with Crippen LogP contribution in [0.5, 0.6) is 0 Å². The summed E-state index contributed by atoms with van der Waals surface area (Å²) in [5, 5.41) is 7.20. The number of nitrogens with zero attached hydrogens (tertiary/aromatic N) is 5. The number of rotatable bonds is 6. The Balaban J connectivity index is 1.51. The van der Waals surface area contributed by atoms with E-state index in [1.54, 1.807) is 16.9 Å². The summed E-state index contributed by atoms with van der Waals surface area (Å²) in [6.45, 7) is 6.53. The lowest BCUT2D eigenvalue weighted by Gasteiger charge is -2.11. The predicted octanol–water partition coefficient (Wildman–Crippen LogP) is 2.54. The number of nitrogens with one attached hydrogen (secondary N) is 1. The number of carbonyl (C=O) groups excluding carboxylic acids is 2. The molecule has 0 atom stereocenters. The van der Waals surface area contributed by atoms with Crippen molar-refractivity contribution in [1.82, 2.24) is 29.6 Å². The third-order valence-corrected chi connectivity index (χ3v) is 4.95. The molecule has 3 N–H and O–H groups in total. The molecule has 158 valence electrons. The van der Waals surface area contributed by atoms with E-state index in [0.717, 1.165) is 28.1 Å². The quantitative estimate of drug-likeness (QED) is 0.499. The van der Waals surface area contributed by atoms with Gasteiger partial charge in [-0.2, -0.15) is 5.10 Å². The fourth-order valence-corrected chi connectivity index (χ4v) is 3.56. The van der Waals surface area contributed by atoms with Gasteiger partial charge in [0.1, 0.15) is 17.2 Å². The molecule has 9 nitrogen and oxygen atoms in total. The molecule has 0 fully saturated rings. The molecule has 9 heteroatoms. The number of benzene rings is 1. The Kier molecular flexibility index (Phi) is 5.24. The molecule has 3 heterocycles. The van der Waals surface area contributed by atoms with Crippen LogP contribution in [0.15, 0.2) is 48.8 Å². The number of nitrogens with two attached hydrogens (primary N) is 1. The lowest BCUT2D eigenvalue weighted by molar-refractivity contribution is 0.0945. The van der Waals surface area contributed by atoms with E-state index in [1.807, 2.05) is 25.3 Å². The predicted molar refractivity (Wildman–Crippen MR) is 116 cm³/mol. The average Bonchev–Trinajstić information content (AvgIpc) is 3.35. The zero-order valence-electron chi connectivity index (χ0n) is 17.5. The number of aryl methyl sites for hydroxylation is 1. The number of hydrogen-bond donors (Lipinski definition) is 2. The third-order valence-electron chi connectivity index (χ3n) is 4.95. The Morgan fingerprint density at radius 1 is 1.13 bits per heavy atom. The first-order valence-electron chi connectivity index (χ1n) is 9.91. The van der Waals surface area contributed by atoms with Crippen molar-refractivity contribution in [2.75, 3.05) is 0 Å². The number of imidazole rings is 1. The monoisotopic (exact) mass is 417 g/mol. The van der Waals surface area contributed by atoms with Crippen LogP contribution in [0.3, 0.4) is 0 Å². The first-order valence-corrected chi connectivity index (χ1v) is 9.91. The van der Waals surface area contributed by atoms with Gasteiger partial charge < -0.3 is 15.6 Å². The van der Waals surface area contributed by atoms with Crippen LogP contribution in [0, 0.1) is 6.92 Å². The summed E-state index contributed by atoms with van der Waals surface area (Å²) >= 11 is 0. The number of carbonyl (C=O) groups is 2. The second-order valence-corrected chi connectivity index (χ2v) is 7.54. The zero-order chi connectivity index (χ0) is 22.1. The molecule has 4 rings (SSSR count). The molecule has 0 spiro atoms. The molecule has 31 heavy (non-hydrogen) atoms. The number of hydrogen-bond acceptors (Lipinski definition) is 5. The first-order chi connectivity index (χ1) is 14.8. The lowest BCUT2D eigenvalue weighted by atomic mass is 10.2. The van der Waals surface area contributed by atoms with Crippen molar-refractivity contribution in [1.29, 1.82) is 0 Å². The number of pyridine rings is 1.